The Labute approximate surface area is 128 Å². The molecule has 0 radical (unpaired) electrons. The van der Waals surface area contributed by atoms with Gasteiger partial charge in [0.2, 0.25) is 5.82 Å². The normalized spacial score (nSPS) is 11.6. The zero-order chi connectivity index (χ0) is 15.4. The van der Waals surface area contributed by atoms with Crippen LogP contribution in [0.2, 0.25) is 0 Å². The van der Waals surface area contributed by atoms with E-state index in [-0.39, 0.29) is 0 Å². The molecule has 0 aliphatic heterocycles. The number of benzene rings is 2. The predicted octanol–water partition coefficient (Wildman–Crippen LogP) is 3.43. The van der Waals surface area contributed by atoms with Crippen LogP contribution in [0, 0.1) is 13.8 Å². The maximum Gasteiger partial charge on any atom is 0.309 e. The molecule has 4 heteroatoms. The van der Waals surface area contributed by atoms with Gasteiger partial charge in [0, 0.05) is 22.8 Å². The molecule has 2 heterocycles. The third-order valence-corrected chi connectivity index (χ3v) is 4.48. The molecule has 2 aromatic carbocycles. The fourth-order valence-electron chi connectivity index (χ4n) is 3.01. The van der Waals surface area contributed by atoms with Gasteiger partial charge in [-0.3, -0.25) is 0 Å². The predicted molar refractivity (Wildman–Crippen MR) is 86.6 cm³/mol. The van der Waals surface area contributed by atoms with Gasteiger partial charge in [0.25, 0.3) is 0 Å². The second-order valence-corrected chi connectivity index (χ2v) is 5.81. The van der Waals surface area contributed by atoms with Gasteiger partial charge < -0.3 is 4.42 Å². The second kappa shape index (κ2) is 4.44. The Kier molecular flexibility index (Phi) is 2.64. The highest BCUT2D eigenvalue weighted by Gasteiger charge is 2.22. The summed E-state index contributed by atoms with van der Waals surface area (Å²) >= 11 is 0. The van der Waals surface area contributed by atoms with Crippen molar-refractivity contribution in [1.29, 1.82) is 0 Å². The van der Waals surface area contributed by atoms with Gasteiger partial charge in [-0.05, 0) is 30.7 Å². The van der Waals surface area contributed by atoms with Gasteiger partial charge in [-0.2, -0.15) is 0 Å². The van der Waals surface area contributed by atoms with E-state index in [4.69, 9.17) is 4.42 Å². The number of furan rings is 1. The van der Waals surface area contributed by atoms with Crippen molar-refractivity contribution in [2.24, 2.45) is 14.1 Å². The molecule has 22 heavy (non-hydrogen) atoms. The van der Waals surface area contributed by atoms with Crippen LogP contribution in [0.3, 0.4) is 0 Å². The smallest absolute Gasteiger partial charge is 0.309 e. The number of para-hydroxylation sites is 1. The lowest BCUT2D eigenvalue weighted by Gasteiger charge is -2.01. The molecular weight excluding hydrogens is 274 g/mol. The van der Waals surface area contributed by atoms with Crippen LogP contribution in [0.25, 0.3) is 33.3 Å². The van der Waals surface area contributed by atoms with E-state index in [1.165, 1.54) is 5.56 Å². The van der Waals surface area contributed by atoms with Gasteiger partial charge >= 0.3 is 5.82 Å². The Bertz CT molecular complexity index is 1020. The molecule has 0 fully saturated rings. The topological polar surface area (TPSA) is 34.8 Å². The molecule has 0 unspecified atom stereocenters. The van der Waals surface area contributed by atoms with Crippen LogP contribution in [-0.2, 0) is 14.1 Å². The Balaban J connectivity index is 2.04. The van der Waals surface area contributed by atoms with Crippen molar-refractivity contribution >= 4 is 21.9 Å². The number of aromatic nitrogens is 3. The number of fused-ring (bicyclic) bond motifs is 3. The maximum atomic E-state index is 6.00. The van der Waals surface area contributed by atoms with Crippen molar-refractivity contribution in [2.75, 3.05) is 0 Å². The van der Waals surface area contributed by atoms with Gasteiger partial charge in [0.05, 0.1) is 19.7 Å². The molecule has 0 amide bonds. The van der Waals surface area contributed by atoms with Crippen LogP contribution >= 0.6 is 0 Å². The van der Waals surface area contributed by atoms with Gasteiger partial charge in [0.1, 0.15) is 11.2 Å². The summed E-state index contributed by atoms with van der Waals surface area (Å²) in [6.07, 6.45) is 0. The molecule has 0 atom stereocenters. The second-order valence-electron chi connectivity index (χ2n) is 5.81. The average molecular weight is 292 g/mol. The van der Waals surface area contributed by atoms with E-state index in [9.17, 15) is 0 Å². The first-order chi connectivity index (χ1) is 10.6. The number of hydrogen-bond acceptors (Lipinski definition) is 2. The number of nitrogens with zero attached hydrogens (tertiary/aromatic N) is 3. The van der Waals surface area contributed by atoms with Crippen LogP contribution in [0.5, 0.6) is 0 Å². The molecule has 0 spiro atoms. The van der Waals surface area contributed by atoms with Gasteiger partial charge in [-0.25, -0.2) is 4.57 Å². The third-order valence-electron chi connectivity index (χ3n) is 4.48. The molecule has 4 aromatic rings. The van der Waals surface area contributed by atoms with Crippen LogP contribution < -0.4 is 4.57 Å². The molecular formula is C18H18N3O+. The lowest BCUT2D eigenvalue weighted by molar-refractivity contribution is -0.667. The molecule has 0 N–H and O–H groups in total. The first-order valence-electron chi connectivity index (χ1n) is 7.38. The minimum Gasteiger partial charge on any atom is -0.456 e. The molecule has 0 bridgehead atoms. The van der Waals surface area contributed by atoms with E-state index in [0.29, 0.717) is 0 Å². The standard InChI is InChI=1S/C18H18N3O/c1-11-9-15-13-7-5-6-8-16(13)22-17(15)10-14(11)18-19-21(4)12(2)20(18)3/h5-10H,1-4H3/q+1. The number of hydrogen-bond donors (Lipinski definition) is 0. The van der Waals surface area contributed by atoms with Crippen molar-refractivity contribution in [3.05, 3.63) is 47.8 Å². The lowest BCUT2D eigenvalue weighted by atomic mass is 10.0. The van der Waals surface area contributed by atoms with Gasteiger partial charge in [-0.1, -0.05) is 18.2 Å². The fourth-order valence-corrected chi connectivity index (χ4v) is 3.01. The molecule has 4 rings (SSSR count). The van der Waals surface area contributed by atoms with E-state index in [0.717, 1.165) is 39.2 Å². The van der Waals surface area contributed by atoms with Crippen molar-refractivity contribution in [1.82, 2.24) is 9.78 Å². The summed E-state index contributed by atoms with van der Waals surface area (Å²) in [6, 6.07) is 12.5. The average Bonchev–Trinajstić information content (AvgIpc) is 2.99. The van der Waals surface area contributed by atoms with Crippen LogP contribution in [0.1, 0.15) is 11.4 Å². The maximum absolute atomic E-state index is 6.00. The summed E-state index contributed by atoms with van der Waals surface area (Å²) in [5.74, 6) is 2.07. The van der Waals surface area contributed by atoms with Gasteiger partial charge in [-0.15, -0.1) is 4.68 Å². The summed E-state index contributed by atoms with van der Waals surface area (Å²) < 4.78 is 10.0. The summed E-state index contributed by atoms with van der Waals surface area (Å²) in [6.45, 7) is 4.19. The fraction of sp³-hybridized carbons (Fsp3) is 0.222. The zero-order valence-corrected chi connectivity index (χ0v) is 13.2. The highest BCUT2D eigenvalue weighted by atomic mass is 16.3. The Morgan fingerprint density at radius 2 is 1.82 bits per heavy atom. The summed E-state index contributed by atoms with van der Waals surface area (Å²) in [5, 5.41) is 6.96. The Morgan fingerprint density at radius 1 is 1.05 bits per heavy atom. The molecule has 110 valence electrons. The molecule has 0 aliphatic carbocycles. The molecule has 0 aliphatic rings. The molecule has 0 saturated carbocycles. The minimum absolute atomic E-state index is 0.908. The monoisotopic (exact) mass is 292 g/mol. The molecule has 4 nitrogen and oxygen atoms in total. The van der Waals surface area contributed by atoms with Crippen LogP contribution in [-0.4, -0.2) is 9.78 Å². The SMILES string of the molecule is Cc1cc2c(cc1-c1nn(C)c(C)[n+]1C)oc1ccccc12. The highest BCUT2D eigenvalue weighted by molar-refractivity contribution is 6.06. The van der Waals surface area contributed by atoms with E-state index in [1.54, 1.807) is 0 Å². The third kappa shape index (κ3) is 1.70. The van der Waals surface area contributed by atoms with Crippen molar-refractivity contribution in [2.45, 2.75) is 13.8 Å². The Morgan fingerprint density at radius 3 is 2.55 bits per heavy atom. The van der Waals surface area contributed by atoms with Crippen LogP contribution in [0.15, 0.2) is 40.8 Å². The number of aryl methyl sites for hydroxylation is 2. The number of rotatable bonds is 1. The zero-order valence-electron chi connectivity index (χ0n) is 13.2. The van der Waals surface area contributed by atoms with Crippen molar-refractivity contribution in [3.8, 4) is 11.4 Å². The Hall–Kier alpha value is -2.62. The van der Waals surface area contributed by atoms with Crippen molar-refractivity contribution < 1.29 is 8.98 Å². The van der Waals surface area contributed by atoms with Crippen molar-refractivity contribution in [3.63, 3.8) is 0 Å². The minimum atomic E-state index is 0.908. The first-order valence-corrected chi connectivity index (χ1v) is 7.38. The highest BCUT2D eigenvalue weighted by Crippen LogP contribution is 2.33. The summed E-state index contributed by atoms with van der Waals surface area (Å²) in [4.78, 5) is 0. The van der Waals surface area contributed by atoms with E-state index in [1.807, 2.05) is 37.0 Å². The summed E-state index contributed by atoms with van der Waals surface area (Å²) in [7, 11) is 4.01. The van der Waals surface area contributed by atoms with E-state index >= 15 is 0 Å². The van der Waals surface area contributed by atoms with Crippen LogP contribution in [0.4, 0.5) is 0 Å². The summed E-state index contributed by atoms with van der Waals surface area (Å²) in [5.41, 5.74) is 4.14. The quantitative estimate of drug-likeness (QED) is 0.504. The first kappa shape index (κ1) is 13.1. The molecule has 2 aromatic heterocycles. The van der Waals surface area contributed by atoms with Gasteiger partial charge in [0.15, 0.2) is 0 Å². The van der Waals surface area contributed by atoms with E-state index in [2.05, 4.69) is 41.7 Å². The van der Waals surface area contributed by atoms with E-state index < -0.39 is 0 Å². The largest absolute Gasteiger partial charge is 0.456 e. The lowest BCUT2D eigenvalue weighted by Crippen LogP contribution is -2.32. The molecule has 0 saturated heterocycles.